The summed E-state index contributed by atoms with van der Waals surface area (Å²) >= 11 is 0. The monoisotopic (exact) mass is 344 g/mol. The lowest BCUT2D eigenvalue weighted by Crippen LogP contribution is -2.56. The van der Waals surface area contributed by atoms with Crippen LogP contribution in [-0.2, 0) is 20.7 Å². The number of carbonyl (C=O) groups is 2. The Labute approximate surface area is 146 Å². The lowest BCUT2D eigenvalue weighted by atomic mass is 9.86. The van der Waals surface area contributed by atoms with Crippen molar-refractivity contribution < 1.29 is 14.7 Å². The molecular formula is C18H24N4O3. The van der Waals surface area contributed by atoms with Gasteiger partial charge in [0.05, 0.1) is 6.20 Å². The minimum absolute atomic E-state index is 0.000616. The number of carboxylic acids is 1. The molecule has 1 amide bonds. The van der Waals surface area contributed by atoms with E-state index in [-0.39, 0.29) is 5.91 Å². The number of hydrogen-bond donors (Lipinski definition) is 1. The van der Waals surface area contributed by atoms with Crippen molar-refractivity contribution in [1.29, 1.82) is 0 Å². The molecule has 0 aromatic carbocycles. The molecule has 0 aliphatic carbocycles. The van der Waals surface area contributed by atoms with Crippen LogP contribution in [-0.4, -0.2) is 49.3 Å². The second kappa shape index (κ2) is 6.06. The van der Waals surface area contributed by atoms with Gasteiger partial charge in [-0.3, -0.25) is 9.48 Å². The maximum Gasteiger partial charge on any atom is 0.331 e. The summed E-state index contributed by atoms with van der Waals surface area (Å²) in [6.45, 7) is 6.44. The third-order valence-corrected chi connectivity index (χ3v) is 5.20. The fourth-order valence-corrected chi connectivity index (χ4v) is 3.47. The van der Waals surface area contributed by atoms with Crippen molar-refractivity contribution in [2.75, 3.05) is 13.1 Å². The van der Waals surface area contributed by atoms with E-state index < -0.39 is 17.0 Å². The zero-order valence-corrected chi connectivity index (χ0v) is 14.8. The molecule has 7 heteroatoms. The maximum absolute atomic E-state index is 13.0. The average molecular weight is 344 g/mol. The fraction of sp³-hybridized carbons (Fsp3) is 0.500. The highest BCUT2D eigenvalue weighted by molar-refractivity contribution is 5.84. The number of aromatic nitrogens is 3. The SMILES string of the molecule is Cc1cnn(C2(C(=O)O)CCN(C(=O)C(C)(C)n3cccc3)CC2)c1. The van der Waals surface area contributed by atoms with Crippen LogP contribution in [0.2, 0.25) is 0 Å². The average Bonchev–Trinajstić information content (AvgIpc) is 3.26. The Balaban J connectivity index is 1.78. The summed E-state index contributed by atoms with van der Waals surface area (Å²) in [5.41, 5.74) is -0.856. The zero-order chi connectivity index (χ0) is 18.2. The van der Waals surface area contributed by atoms with Gasteiger partial charge in [-0.25, -0.2) is 4.79 Å². The van der Waals surface area contributed by atoms with Gasteiger partial charge in [0.25, 0.3) is 0 Å². The van der Waals surface area contributed by atoms with E-state index in [0.29, 0.717) is 25.9 Å². The van der Waals surface area contributed by atoms with Gasteiger partial charge in [-0.1, -0.05) is 0 Å². The summed E-state index contributed by atoms with van der Waals surface area (Å²) in [5, 5.41) is 14.0. The number of amides is 1. The summed E-state index contributed by atoms with van der Waals surface area (Å²) in [6.07, 6.45) is 7.85. The number of carboxylic acid groups (broad SMARTS) is 1. The lowest BCUT2D eigenvalue weighted by molar-refractivity contribution is -0.155. The number of aryl methyl sites for hydroxylation is 1. The van der Waals surface area contributed by atoms with Crippen molar-refractivity contribution in [3.05, 3.63) is 42.5 Å². The largest absolute Gasteiger partial charge is 0.479 e. The first-order chi connectivity index (χ1) is 11.8. The van der Waals surface area contributed by atoms with Crippen molar-refractivity contribution in [1.82, 2.24) is 19.2 Å². The number of rotatable bonds is 4. The first kappa shape index (κ1) is 17.3. The van der Waals surface area contributed by atoms with Gasteiger partial charge in [0, 0.05) is 44.5 Å². The summed E-state index contributed by atoms with van der Waals surface area (Å²) in [6, 6.07) is 3.78. The van der Waals surface area contributed by atoms with Crippen LogP contribution in [0.15, 0.2) is 36.9 Å². The molecule has 2 aromatic rings. The number of likely N-dealkylation sites (tertiary alicyclic amines) is 1. The second-order valence-corrected chi connectivity index (χ2v) is 7.24. The zero-order valence-electron chi connectivity index (χ0n) is 14.8. The molecule has 2 aromatic heterocycles. The van der Waals surface area contributed by atoms with Crippen LogP contribution >= 0.6 is 0 Å². The molecule has 0 saturated carbocycles. The smallest absolute Gasteiger partial charge is 0.331 e. The number of hydrogen-bond acceptors (Lipinski definition) is 3. The molecule has 1 fully saturated rings. The van der Waals surface area contributed by atoms with Crippen LogP contribution in [0.5, 0.6) is 0 Å². The van der Waals surface area contributed by atoms with Crippen LogP contribution in [0.3, 0.4) is 0 Å². The van der Waals surface area contributed by atoms with Crippen molar-refractivity contribution in [3.8, 4) is 0 Å². The minimum Gasteiger partial charge on any atom is -0.479 e. The van der Waals surface area contributed by atoms with Crippen molar-refractivity contribution >= 4 is 11.9 Å². The Morgan fingerprint density at radius 2 is 1.80 bits per heavy atom. The van der Waals surface area contributed by atoms with Gasteiger partial charge in [-0.2, -0.15) is 5.10 Å². The topological polar surface area (TPSA) is 80.4 Å². The molecule has 134 valence electrons. The number of piperidine rings is 1. The van der Waals surface area contributed by atoms with Crippen molar-refractivity contribution in [2.45, 2.75) is 44.7 Å². The third-order valence-electron chi connectivity index (χ3n) is 5.20. The molecule has 1 N–H and O–H groups in total. The number of nitrogens with zero attached hydrogens (tertiary/aromatic N) is 4. The molecule has 0 unspecified atom stereocenters. The van der Waals surface area contributed by atoms with Crippen LogP contribution in [0.25, 0.3) is 0 Å². The van der Waals surface area contributed by atoms with Crippen LogP contribution in [0.4, 0.5) is 0 Å². The van der Waals surface area contributed by atoms with Crippen LogP contribution in [0.1, 0.15) is 32.3 Å². The molecule has 3 rings (SSSR count). The summed E-state index contributed by atoms with van der Waals surface area (Å²) < 4.78 is 3.43. The molecule has 0 bridgehead atoms. The number of aliphatic carboxylic acids is 1. The minimum atomic E-state index is -1.08. The highest BCUT2D eigenvalue weighted by Crippen LogP contribution is 2.32. The van der Waals surface area contributed by atoms with E-state index in [9.17, 15) is 14.7 Å². The van der Waals surface area contributed by atoms with Gasteiger partial charge in [0.2, 0.25) is 5.91 Å². The van der Waals surface area contributed by atoms with E-state index in [2.05, 4.69) is 5.10 Å². The highest BCUT2D eigenvalue weighted by Gasteiger charge is 2.46. The molecule has 3 heterocycles. The van der Waals surface area contributed by atoms with Gasteiger partial charge in [-0.05, 0) is 38.5 Å². The predicted octanol–water partition coefficient (Wildman–Crippen LogP) is 1.83. The first-order valence-electron chi connectivity index (χ1n) is 8.45. The van der Waals surface area contributed by atoms with E-state index in [0.717, 1.165) is 5.56 Å². The molecule has 0 atom stereocenters. The van der Waals surface area contributed by atoms with Crippen LogP contribution < -0.4 is 0 Å². The van der Waals surface area contributed by atoms with Crippen LogP contribution in [0, 0.1) is 6.92 Å². The summed E-state index contributed by atoms with van der Waals surface area (Å²) in [7, 11) is 0. The summed E-state index contributed by atoms with van der Waals surface area (Å²) in [4.78, 5) is 26.7. The van der Waals surface area contributed by atoms with E-state index >= 15 is 0 Å². The van der Waals surface area contributed by atoms with E-state index in [1.165, 1.54) is 0 Å². The number of carbonyl (C=O) groups excluding carboxylic acids is 1. The van der Waals surface area contributed by atoms with E-state index in [1.807, 2.05) is 49.9 Å². The third kappa shape index (κ3) is 2.83. The second-order valence-electron chi connectivity index (χ2n) is 7.24. The van der Waals surface area contributed by atoms with Gasteiger partial charge < -0.3 is 14.6 Å². The van der Waals surface area contributed by atoms with Crippen molar-refractivity contribution in [3.63, 3.8) is 0 Å². The van der Waals surface area contributed by atoms with Gasteiger partial charge >= 0.3 is 5.97 Å². The van der Waals surface area contributed by atoms with E-state index in [1.54, 1.807) is 22.0 Å². The Bertz CT molecular complexity index is 768. The Morgan fingerprint density at radius 1 is 1.20 bits per heavy atom. The standard InChI is InChI=1S/C18H24N4O3/c1-14-12-19-22(13-14)18(16(24)25)6-10-20(11-7-18)15(23)17(2,3)21-8-4-5-9-21/h4-5,8-9,12-13H,6-7,10-11H2,1-3H3,(H,24,25). The van der Waals surface area contributed by atoms with Crippen molar-refractivity contribution in [2.24, 2.45) is 0 Å². The molecule has 1 saturated heterocycles. The highest BCUT2D eigenvalue weighted by atomic mass is 16.4. The molecule has 0 radical (unpaired) electrons. The normalized spacial score (nSPS) is 17.5. The Morgan fingerprint density at radius 3 is 2.28 bits per heavy atom. The Hall–Kier alpha value is -2.57. The van der Waals surface area contributed by atoms with Gasteiger partial charge in [-0.15, -0.1) is 0 Å². The van der Waals surface area contributed by atoms with Gasteiger partial charge in [0.15, 0.2) is 5.54 Å². The molecule has 1 aliphatic rings. The lowest BCUT2D eigenvalue weighted by Gasteiger charge is -2.41. The molecule has 0 spiro atoms. The van der Waals surface area contributed by atoms with E-state index in [4.69, 9.17) is 0 Å². The molecule has 1 aliphatic heterocycles. The molecule has 25 heavy (non-hydrogen) atoms. The fourth-order valence-electron chi connectivity index (χ4n) is 3.47. The van der Waals surface area contributed by atoms with Gasteiger partial charge in [0.1, 0.15) is 5.54 Å². The quantitative estimate of drug-likeness (QED) is 0.917. The predicted molar refractivity (Wildman–Crippen MR) is 92.1 cm³/mol. The molecule has 7 nitrogen and oxygen atoms in total. The maximum atomic E-state index is 13.0. The first-order valence-corrected chi connectivity index (χ1v) is 8.45. The molecular weight excluding hydrogens is 320 g/mol. The summed E-state index contributed by atoms with van der Waals surface area (Å²) in [5.74, 6) is -0.897. The Kier molecular flexibility index (Phi) is 4.18.